The van der Waals surface area contributed by atoms with Gasteiger partial charge in [-0.05, 0) is 50.1 Å². The molecule has 2 saturated heterocycles. The molecule has 0 bridgehead atoms. The van der Waals surface area contributed by atoms with Gasteiger partial charge in [-0.25, -0.2) is 8.78 Å². The average Bonchev–Trinajstić information content (AvgIpc) is 3.07. The molecule has 4 rings (SSSR count). The number of carbonyl (C=O) groups excluding carboxylic acids is 1. The van der Waals surface area contributed by atoms with Gasteiger partial charge in [0.1, 0.15) is 12.4 Å². The molecule has 7 heteroatoms. The molecule has 0 unspecified atom stereocenters. The highest BCUT2D eigenvalue weighted by Crippen LogP contribution is 2.43. The third kappa shape index (κ3) is 5.58. The quantitative estimate of drug-likeness (QED) is 0.525. The highest BCUT2D eigenvalue weighted by molar-refractivity contribution is 5.76. The first kappa shape index (κ1) is 24.6. The lowest BCUT2D eigenvalue weighted by Gasteiger charge is -2.41. The summed E-state index contributed by atoms with van der Waals surface area (Å²) in [7, 11) is 1.60. The van der Waals surface area contributed by atoms with E-state index in [9.17, 15) is 13.6 Å². The zero-order chi connectivity index (χ0) is 24.3. The van der Waals surface area contributed by atoms with Gasteiger partial charge in [0.2, 0.25) is 0 Å². The molecule has 2 aliphatic rings. The van der Waals surface area contributed by atoms with Crippen LogP contribution in [-0.2, 0) is 22.7 Å². The standard InChI is InChI=1S/C27H34F2N2O3/c1-26(2,25(32)34-17-21-9-11-22(33-3)12-10-21)18-30-14-13-24-23(16-30)27(28,29)19-31(24)15-20-7-5-4-6-8-20/h4-12,23-24H,13-19H2,1-3H3/t23-,24+/m0/s1. The summed E-state index contributed by atoms with van der Waals surface area (Å²) < 4.78 is 40.7. The highest BCUT2D eigenvalue weighted by Gasteiger charge is 2.56. The smallest absolute Gasteiger partial charge is 0.313 e. The lowest BCUT2D eigenvalue weighted by atomic mass is 9.87. The molecule has 0 spiro atoms. The van der Waals surface area contributed by atoms with Crippen LogP contribution in [0.15, 0.2) is 54.6 Å². The van der Waals surface area contributed by atoms with Crippen LogP contribution in [0.5, 0.6) is 5.75 Å². The molecule has 2 fully saturated rings. The van der Waals surface area contributed by atoms with Crippen LogP contribution in [0.1, 0.15) is 31.4 Å². The van der Waals surface area contributed by atoms with Gasteiger partial charge in [0.15, 0.2) is 0 Å². The minimum absolute atomic E-state index is 0.142. The number of methoxy groups -OCH3 is 1. The zero-order valence-electron chi connectivity index (χ0n) is 20.2. The van der Waals surface area contributed by atoms with Crippen LogP contribution < -0.4 is 4.74 Å². The molecule has 5 nitrogen and oxygen atoms in total. The Balaban J connectivity index is 1.33. The minimum atomic E-state index is -2.74. The van der Waals surface area contributed by atoms with E-state index < -0.39 is 17.3 Å². The number of carbonyl (C=O) groups is 1. The fourth-order valence-corrected chi connectivity index (χ4v) is 5.19. The fraction of sp³-hybridized carbons (Fsp3) is 0.519. The van der Waals surface area contributed by atoms with Gasteiger partial charge in [0, 0.05) is 25.7 Å². The maximum Gasteiger partial charge on any atom is 0.313 e. The van der Waals surface area contributed by atoms with Gasteiger partial charge in [-0.15, -0.1) is 0 Å². The van der Waals surface area contributed by atoms with Crippen molar-refractivity contribution in [2.45, 2.75) is 45.4 Å². The van der Waals surface area contributed by atoms with E-state index in [0.717, 1.165) is 16.9 Å². The Morgan fingerprint density at radius 2 is 1.79 bits per heavy atom. The third-order valence-corrected chi connectivity index (χ3v) is 7.01. The molecule has 0 aliphatic carbocycles. The van der Waals surface area contributed by atoms with Crippen molar-refractivity contribution in [1.29, 1.82) is 0 Å². The first-order chi connectivity index (χ1) is 16.2. The third-order valence-electron chi connectivity index (χ3n) is 7.01. The average molecular weight is 473 g/mol. The van der Waals surface area contributed by atoms with Gasteiger partial charge in [0.25, 0.3) is 5.92 Å². The van der Waals surface area contributed by atoms with Crippen molar-refractivity contribution in [3.8, 4) is 5.75 Å². The van der Waals surface area contributed by atoms with Crippen molar-refractivity contribution in [3.05, 3.63) is 65.7 Å². The molecule has 0 amide bonds. The summed E-state index contributed by atoms with van der Waals surface area (Å²) in [6, 6.07) is 17.0. The van der Waals surface area contributed by atoms with Crippen molar-refractivity contribution in [1.82, 2.24) is 9.80 Å². The number of nitrogens with zero attached hydrogens (tertiary/aromatic N) is 2. The molecule has 2 heterocycles. The second kappa shape index (κ2) is 10.0. The largest absolute Gasteiger partial charge is 0.497 e. The van der Waals surface area contributed by atoms with Crippen molar-refractivity contribution in [2.75, 3.05) is 33.3 Å². The molecule has 34 heavy (non-hydrogen) atoms. The fourth-order valence-electron chi connectivity index (χ4n) is 5.19. The van der Waals surface area contributed by atoms with E-state index in [0.29, 0.717) is 26.1 Å². The molecule has 2 atom stereocenters. The Bertz CT molecular complexity index is 966. The van der Waals surface area contributed by atoms with Crippen molar-refractivity contribution >= 4 is 5.97 Å². The van der Waals surface area contributed by atoms with E-state index >= 15 is 0 Å². The van der Waals surface area contributed by atoms with E-state index in [2.05, 4.69) is 0 Å². The zero-order valence-corrected chi connectivity index (χ0v) is 20.2. The van der Waals surface area contributed by atoms with E-state index in [1.165, 1.54) is 0 Å². The monoisotopic (exact) mass is 472 g/mol. The molecule has 184 valence electrons. The number of rotatable bonds is 8. The van der Waals surface area contributed by atoms with Crippen molar-refractivity contribution < 1.29 is 23.0 Å². The Labute approximate surface area is 200 Å². The first-order valence-electron chi connectivity index (χ1n) is 11.9. The van der Waals surface area contributed by atoms with Crippen LogP contribution in [0.3, 0.4) is 0 Å². The number of halogens is 2. The van der Waals surface area contributed by atoms with Gasteiger partial charge in [-0.3, -0.25) is 9.69 Å². The van der Waals surface area contributed by atoms with Crippen molar-refractivity contribution in [2.24, 2.45) is 11.3 Å². The molecule has 2 aliphatic heterocycles. The van der Waals surface area contributed by atoms with E-state index in [-0.39, 0.29) is 31.7 Å². The van der Waals surface area contributed by atoms with Crippen LogP contribution >= 0.6 is 0 Å². The SMILES string of the molecule is COc1ccc(COC(=O)C(C)(C)CN2CC[C@@H]3[C@H](C2)C(F)(F)CN3Cc2ccccc2)cc1. The highest BCUT2D eigenvalue weighted by atomic mass is 19.3. The lowest BCUT2D eigenvalue weighted by Crippen LogP contribution is -2.51. The molecular weight excluding hydrogens is 438 g/mol. The summed E-state index contributed by atoms with van der Waals surface area (Å²) in [5, 5.41) is 0. The molecule has 0 saturated carbocycles. The van der Waals surface area contributed by atoms with Crippen LogP contribution in [0, 0.1) is 11.3 Å². The Kier molecular flexibility index (Phi) is 7.24. The first-order valence-corrected chi connectivity index (χ1v) is 11.9. The predicted molar refractivity (Wildman–Crippen MR) is 127 cm³/mol. The van der Waals surface area contributed by atoms with Crippen LogP contribution in [0.2, 0.25) is 0 Å². The number of fused-ring (bicyclic) bond motifs is 1. The van der Waals surface area contributed by atoms with E-state index in [1.807, 2.05) is 78.2 Å². The summed E-state index contributed by atoms with van der Waals surface area (Å²) in [6.07, 6.45) is 0.671. The molecule has 2 aromatic rings. The number of hydrogen-bond acceptors (Lipinski definition) is 5. The molecular formula is C27H34F2N2O3. The van der Waals surface area contributed by atoms with Crippen LogP contribution in [0.4, 0.5) is 8.78 Å². The molecule has 0 aromatic heterocycles. The van der Waals surface area contributed by atoms with E-state index in [1.54, 1.807) is 7.11 Å². The van der Waals surface area contributed by atoms with Crippen molar-refractivity contribution in [3.63, 3.8) is 0 Å². The minimum Gasteiger partial charge on any atom is -0.497 e. The topological polar surface area (TPSA) is 42.0 Å². The summed E-state index contributed by atoms with van der Waals surface area (Å²) in [5.41, 5.74) is 1.13. The Morgan fingerprint density at radius 1 is 1.09 bits per heavy atom. The summed E-state index contributed by atoms with van der Waals surface area (Å²) in [4.78, 5) is 16.8. The number of piperidine rings is 1. The van der Waals surface area contributed by atoms with Crippen LogP contribution in [0.25, 0.3) is 0 Å². The number of likely N-dealkylation sites (tertiary alicyclic amines) is 2. The van der Waals surface area contributed by atoms with Gasteiger partial charge in [-0.1, -0.05) is 42.5 Å². The molecule has 0 N–H and O–H groups in total. The number of esters is 1. The second-order valence-electron chi connectivity index (χ2n) is 10.2. The Morgan fingerprint density at radius 3 is 2.47 bits per heavy atom. The summed E-state index contributed by atoms with van der Waals surface area (Å²) in [5.74, 6) is -3.05. The maximum atomic E-state index is 15.0. The normalized spacial score (nSPS) is 22.9. The van der Waals surface area contributed by atoms with Gasteiger partial charge >= 0.3 is 5.97 Å². The van der Waals surface area contributed by atoms with E-state index in [4.69, 9.17) is 9.47 Å². The number of benzene rings is 2. The second-order valence-corrected chi connectivity index (χ2v) is 10.2. The van der Waals surface area contributed by atoms with Gasteiger partial charge < -0.3 is 14.4 Å². The lowest BCUT2D eigenvalue weighted by molar-refractivity contribution is -0.157. The maximum absolute atomic E-state index is 15.0. The van der Waals surface area contributed by atoms with Crippen LogP contribution in [-0.4, -0.2) is 61.0 Å². The predicted octanol–water partition coefficient (Wildman–Crippen LogP) is 4.61. The number of alkyl halides is 2. The summed E-state index contributed by atoms with van der Waals surface area (Å²) >= 11 is 0. The number of ether oxygens (including phenoxy) is 2. The van der Waals surface area contributed by atoms with Gasteiger partial charge in [-0.2, -0.15) is 0 Å². The Hall–Kier alpha value is -2.51. The number of hydrogen-bond donors (Lipinski definition) is 0. The molecule has 0 radical (unpaired) electrons. The van der Waals surface area contributed by atoms with Gasteiger partial charge in [0.05, 0.1) is 25.0 Å². The summed E-state index contributed by atoms with van der Waals surface area (Å²) in [6.45, 7) is 5.53. The molecule has 2 aromatic carbocycles.